The molecule has 0 bridgehead atoms. The summed E-state index contributed by atoms with van der Waals surface area (Å²) in [6, 6.07) is 4.19. The van der Waals surface area contributed by atoms with Crippen molar-refractivity contribution >= 4 is 15.9 Å². The van der Waals surface area contributed by atoms with Gasteiger partial charge in [0.2, 0.25) is 10.0 Å². The molecule has 0 radical (unpaired) electrons. The zero-order valence-electron chi connectivity index (χ0n) is 11.4. The van der Waals surface area contributed by atoms with Crippen LogP contribution in [0.3, 0.4) is 0 Å². The van der Waals surface area contributed by atoms with Gasteiger partial charge in [0.25, 0.3) is 5.91 Å². The topological polar surface area (TPSA) is 80.5 Å². The predicted octanol–water partition coefficient (Wildman–Crippen LogP) is 1.46. The van der Waals surface area contributed by atoms with Gasteiger partial charge < -0.3 is 4.90 Å². The van der Waals surface area contributed by atoms with Crippen LogP contribution in [0.2, 0.25) is 0 Å². The molecule has 0 aromatic heterocycles. The Hall–Kier alpha value is -1.92. The van der Waals surface area contributed by atoms with E-state index in [1.54, 1.807) is 24.0 Å². The van der Waals surface area contributed by atoms with Crippen LogP contribution in [0.25, 0.3) is 0 Å². The van der Waals surface area contributed by atoms with Crippen LogP contribution in [0.1, 0.15) is 15.9 Å². The number of aryl methyl sites for hydroxylation is 1. The quantitative estimate of drug-likeness (QED) is 0.806. The maximum absolute atomic E-state index is 12.4. The molecule has 0 saturated carbocycles. The second-order valence-corrected chi connectivity index (χ2v) is 5.87. The van der Waals surface area contributed by atoms with E-state index in [2.05, 4.69) is 13.2 Å². The fourth-order valence-electron chi connectivity index (χ4n) is 1.78. The number of nitrogens with two attached hydrogens (primary N) is 1. The van der Waals surface area contributed by atoms with Gasteiger partial charge in [0.05, 0.1) is 4.90 Å². The number of carbonyl (C=O) groups excluding carboxylic acids is 1. The molecule has 0 unspecified atom stereocenters. The number of sulfonamides is 1. The molecule has 0 spiro atoms. The Bertz CT molecular complexity index is 626. The van der Waals surface area contributed by atoms with Crippen molar-refractivity contribution in [2.24, 2.45) is 5.14 Å². The van der Waals surface area contributed by atoms with Crippen molar-refractivity contribution in [3.05, 3.63) is 54.6 Å². The Kier molecular flexibility index (Phi) is 5.24. The Morgan fingerprint density at radius 1 is 1.30 bits per heavy atom. The summed E-state index contributed by atoms with van der Waals surface area (Å²) in [5.41, 5.74) is 0.987. The van der Waals surface area contributed by atoms with Crippen molar-refractivity contribution in [1.82, 2.24) is 4.90 Å². The van der Waals surface area contributed by atoms with Crippen LogP contribution in [0.4, 0.5) is 0 Å². The second kappa shape index (κ2) is 6.49. The monoisotopic (exact) mass is 294 g/mol. The third-order valence-electron chi connectivity index (χ3n) is 2.74. The van der Waals surface area contributed by atoms with Crippen molar-refractivity contribution in [2.45, 2.75) is 11.8 Å². The van der Waals surface area contributed by atoms with Crippen molar-refractivity contribution in [3.8, 4) is 0 Å². The molecule has 1 rings (SSSR count). The van der Waals surface area contributed by atoms with Crippen LogP contribution >= 0.6 is 0 Å². The number of amides is 1. The fraction of sp³-hybridized carbons (Fsp3) is 0.214. The Balaban J connectivity index is 3.16. The van der Waals surface area contributed by atoms with E-state index in [-0.39, 0.29) is 10.8 Å². The predicted molar refractivity (Wildman–Crippen MR) is 78.8 cm³/mol. The van der Waals surface area contributed by atoms with E-state index in [1.165, 1.54) is 18.2 Å². The van der Waals surface area contributed by atoms with Crippen molar-refractivity contribution in [2.75, 3.05) is 13.1 Å². The van der Waals surface area contributed by atoms with Gasteiger partial charge in [-0.3, -0.25) is 4.79 Å². The zero-order valence-corrected chi connectivity index (χ0v) is 12.2. The smallest absolute Gasteiger partial charge is 0.254 e. The SMILES string of the molecule is C=CCN(CC=C)C(=O)c1ccc(S(N)(=O)=O)cc1C. The summed E-state index contributed by atoms with van der Waals surface area (Å²) in [5, 5.41) is 5.06. The maximum Gasteiger partial charge on any atom is 0.254 e. The minimum Gasteiger partial charge on any atom is -0.331 e. The molecule has 1 amide bonds. The average Bonchev–Trinajstić information content (AvgIpc) is 2.36. The summed E-state index contributed by atoms with van der Waals surface area (Å²) < 4.78 is 22.5. The van der Waals surface area contributed by atoms with E-state index in [0.29, 0.717) is 24.2 Å². The molecule has 2 N–H and O–H groups in total. The number of hydrogen-bond donors (Lipinski definition) is 1. The van der Waals surface area contributed by atoms with E-state index in [9.17, 15) is 13.2 Å². The molecule has 0 heterocycles. The standard InChI is InChI=1S/C14H18N2O3S/c1-4-8-16(9-5-2)14(17)13-7-6-12(10-11(13)3)20(15,18)19/h4-7,10H,1-2,8-9H2,3H3,(H2,15,18,19). The summed E-state index contributed by atoms with van der Waals surface area (Å²) in [5.74, 6) is -0.205. The highest BCUT2D eigenvalue weighted by Crippen LogP contribution is 2.16. The fourth-order valence-corrected chi connectivity index (χ4v) is 2.37. The highest BCUT2D eigenvalue weighted by Gasteiger charge is 2.17. The van der Waals surface area contributed by atoms with E-state index in [1.807, 2.05) is 0 Å². The van der Waals surface area contributed by atoms with E-state index in [0.717, 1.165) is 0 Å². The minimum atomic E-state index is -3.77. The van der Waals surface area contributed by atoms with Crippen LogP contribution in [0, 0.1) is 6.92 Å². The van der Waals surface area contributed by atoms with Gasteiger partial charge in [0.1, 0.15) is 0 Å². The summed E-state index contributed by atoms with van der Waals surface area (Å²) in [7, 11) is -3.77. The zero-order chi connectivity index (χ0) is 15.3. The molecule has 0 aliphatic carbocycles. The minimum absolute atomic E-state index is 0.00876. The molecule has 0 atom stereocenters. The third kappa shape index (κ3) is 3.79. The average molecular weight is 294 g/mol. The van der Waals surface area contributed by atoms with Gasteiger partial charge in [-0.05, 0) is 30.7 Å². The largest absolute Gasteiger partial charge is 0.331 e. The molecule has 0 aliphatic heterocycles. The summed E-state index contributed by atoms with van der Waals surface area (Å²) in [6.45, 7) is 9.66. The number of primary sulfonamides is 1. The van der Waals surface area contributed by atoms with E-state index < -0.39 is 10.0 Å². The van der Waals surface area contributed by atoms with E-state index >= 15 is 0 Å². The molecule has 0 aliphatic rings. The molecule has 108 valence electrons. The van der Waals surface area contributed by atoms with Gasteiger partial charge in [0.15, 0.2) is 0 Å². The normalized spacial score (nSPS) is 10.9. The van der Waals surface area contributed by atoms with Crippen LogP contribution < -0.4 is 5.14 Å². The molecule has 1 aromatic rings. The van der Waals surface area contributed by atoms with Gasteiger partial charge >= 0.3 is 0 Å². The molecular weight excluding hydrogens is 276 g/mol. The van der Waals surface area contributed by atoms with Crippen molar-refractivity contribution in [3.63, 3.8) is 0 Å². The summed E-state index contributed by atoms with van der Waals surface area (Å²) >= 11 is 0. The summed E-state index contributed by atoms with van der Waals surface area (Å²) in [6.07, 6.45) is 3.24. The first-order chi connectivity index (χ1) is 9.31. The Labute approximate surface area is 119 Å². The number of benzene rings is 1. The van der Waals surface area contributed by atoms with Gasteiger partial charge in [0, 0.05) is 18.7 Å². The van der Waals surface area contributed by atoms with E-state index in [4.69, 9.17) is 5.14 Å². The Morgan fingerprint density at radius 2 is 1.85 bits per heavy atom. The lowest BCUT2D eigenvalue weighted by Crippen LogP contribution is -2.31. The molecule has 5 nitrogen and oxygen atoms in total. The van der Waals surface area contributed by atoms with Crippen LogP contribution in [-0.4, -0.2) is 32.3 Å². The second-order valence-electron chi connectivity index (χ2n) is 4.31. The van der Waals surface area contributed by atoms with Crippen LogP contribution in [0.5, 0.6) is 0 Å². The van der Waals surface area contributed by atoms with Crippen LogP contribution in [0.15, 0.2) is 48.4 Å². The first-order valence-electron chi connectivity index (χ1n) is 5.95. The molecular formula is C14H18N2O3S. The number of rotatable bonds is 6. The first kappa shape index (κ1) is 16.1. The van der Waals surface area contributed by atoms with Crippen molar-refractivity contribution in [1.29, 1.82) is 0 Å². The first-order valence-corrected chi connectivity index (χ1v) is 7.50. The summed E-state index contributed by atoms with van der Waals surface area (Å²) in [4.78, 5) is 13.9. The molecule has 6 heteroatoms. The van der Waals surface area contributed by atoms with Gasteiger partial charge in [-0.25, -0.2) is 13.6 Å². The van der Waals surface area contributed by atoms with Crippen LogP contribution in [-0.2, 0) is 10.0 Å². The van der Waals surface area contributed by atoms with Crippen molar-refractivity contribution < 1.29 is 13.2 Å². The molecule has 0 fully saturated rings. The third-order valence-corrected chi connectivity index (χ3v) is 3.65. The maximum atomic E-state index is 12.4. The number of hydrogen-bond acceptors (Lipinski definition) is 3. The lowest BCUT2D eigenvalue weighted by Gasteiger charge is -2.20. The number of carbonyl (C=O) groups is 1. The molecule has 20 heavy (non-hydrogen) atoms. The van der Waals surface area contributed by atoms with Gasteiger partial charge in [-0.15, -0.1) is 13.2 Å². The highest BCUT2D eigenvalue weighted by atomic mass is 32.2. The number of nitrogens with zero attached hydrogens (tertiary/aromatic N) is 1. The molecule has 0 saturated heterocycles. The van der Waals surface area contributed by atoms with Gasteiger partial charge in [-0.2, -0.15) is 0 Å². The lowest BCUT2D eigenvalue weighted by atomic mass is 10.1. The lowest BCUT2D eigenvalue weighted by molar-refractivity contribution is 0.0790. The highest BCUT2D eigenvalue weighted by molar-refractivity contribution is 7.89. The van der Waals surface area contributed by atoms with Gasteiger partial charge in [-0.1, -0.05) is 12.2 Å². The Morgan fingerprint density at radius 3 is 2.25 bits per heavy atom. The molecule has 1 aromatic carbocycles.